The number of sulfonamides is 1. The quantitative estimate of drug-likeness (QED) is 0.456. The van der Waals surface area contributed by atoms with Crippen LogP contribution in [0.3, 0.4) is 0 Å². The van der Waals surface area contributed by atoms with Crippen LogP contribution >= 0.6 is 22.9 Å². The van der Waals surface area contributed by atoms with Gasteiger partial charge in [-0.1, -0.05) is 29.8 Å². The number of nitrogens with zero attached hydrogens (tertiary/aromatic N) is 4. The highest BCUT2D eigenvalue weighted by molar-refractivity contribution is 7.95. The Morgan fingerprint density at radius 1 is 1.20 bits per heavy atom. The molecule has 1 fully saturated rings. The minimum Gasteiger partial charge on any atom is -0.496 e. The molecule has 10 nitrogen and oxygen atoms in total. The van der Waals surface area contributed by atoms with E-state index in [1.807, 2.05) is 0 Å². The van der Waals surface area contributed by atoms with Crippen LogP contribution in [0.1, 0.15) is 28.2 Å². The summed E-state index contributed by atoms with van der Waals surface area (Å²) in [5, 5.41) is 11.7. The van der Waals surface area contributed by atoms with Gasteiger partial charge in [0.1, 0.15) is 5.75 Å². The third kappa shape index (κ3) is 4.12. The maximum absolute atomic E-state index is 15.0. The first kappa shape index (κ1) is 28.5. The molecule has 0 saturated carbocycles. The van der Waals surface area contributed by atoms with Crippen LogP contribution in [0.5, 0.6) is 5.75 Å². The second kappa shape index (κ2) is 10.1. The van der Waals surface area contributed by atoms with Gasteiger partial charge < -0.3 is 14.7 Å². The first-order valence-electron chi connectivity index (χ1n) is 12.5. The topological polar surface area (TPSA) is 120 Å². The van der Waals surface area contributed by atoms with Gasteiger partial charge in [0, 0.05) is 36.8 Å². The Morgan fingerprint density at radius 2 is 1.90 bits per heavy atom. The SMILES string of the molecule is COc1ccccc1C1(N2C[C@H](O)C[C@H]2C(=O)N(C)C)C(=O)N(S(=O)(=O)c2sc(C)nc2C)c2ccc(Cl)cc21. The molecule has 0 spiro atoms. The molecule has 1 unspecified atom stereocenters. The molecule has 3 atom stereocenters. The number of carbonyl (C=O) groups excluding carboxylic acids is 2. The van der Waals surface area contributed by atoms with Crippen LogP contribution in [0.15, 0.2) is 46.7 Å². The van der Waals surface area contributed by atoms with Gasteiger partial charge in [-0.25, -0.2) is 4.98 Å². The van der Waals surface area contributed by atoms with Crippen LogP contribution in [-0.4, -0.2) is 80.0 Å². The molecule has 2 aliphatic heterocycles. The van der Waals surface area contributed by atoms with Crippen molar-refractivity contribution in [2.75, 3.05) is 32.1 Å². The molecular formula is C27H29ClN4O6S2. The maximum Gasteiger partial charge on any atom is 0.282 e. The molecule has 5 rings (SSSR count). The van der Waals surface area contributed by atoms with E-state index in [1.165, 1.54) is 24.1 Å². The predicted octanol–water partition coefficient (Wildman–Crippen LogP) is 2.92. The van der Waals surface area contributed by atoms with Crippen molar-refractivity contribution in [1.82, 2.24) is 14.8 Å². The summed E-state index contributed by atoms with van der Waals surface area (Å²) in [6, 6.07) is 10.4. The van der Waals surface area contributed by atoms with Crippen LogP contribution in [0.25, 0.3) is 0 Å². The highest BCUT2D eigenvalue weighted by Gasteiger charge is 2.64. The summed E-state index contributed by atoms with van der Waals surface area (Å²) in [6.45, 7) is 3.20. The molecule has 2 amide bonds. The Balaban J connectivity index is 1.88. The van der Waals surface area contributed by atoms with Crippen molar-refractivity contribution in [2.24, 2.45) is 0 Å². The largest absolute Gasteiger partial charge is 0.496 e. The highest BCUT2D eigenvalue weighted by Crippen LogP contribution is 2.55. The molecule has 3 aromatic rings. The first-order chi connectivity index (χ1) is 18.8. The number of β-amino-alcohol motifs (C(OH)–C–C–N with tert-alkyl or cyclic N) is 1. The van der Waals surface area contributed by atoms with Gasteiger partial charge in [-0.3, -0.25) is 14.5 Å². The van der Waals surface area contributed by atoms with Crippen molar-refractivity contribution in [3.05, 3.63) is 69.3 Å². The average Bonchev–Trinajstić information content (AvgIpc) is 3.54. The minimum atomic E-state index is -4.45. The highest BCUT2D eigenvalue weighted by atomic mass is 35.5. The van der Waals surface area contributed by atoms with Gasteiger partial charge in [0.2, 0.25) is 5.91 Å². The molecule has 1 N–H and O–H groups in total. The Hall–Kier alpha value is -3.03. The number of anilines is 1. The lowest BCUT2D eigenvalue weighted by Crippen LogP contribution is -2.59. The Labute approximate surface area is 241 Å². The van der Waals surface area contributed by atoms with Crippen LogP contribution in [-0.2, 0) is 25.2 Å². The molecule has 212 valence electrons. The number of fused-ring (bicyclic) bond motifs is 1. The molecule has 0 radical (unpaired) electrons. The lowest BCUT2D eigenvalue weighted by atomic mass is 9.80. The molecule has 0 aliphatic carbocycles. The first-order valence-corrected chi connectivity index (χ1v) is 15.1. The van der Waals surface area contributed by atoms with Gasteiger partial charge in [-0.15, -0.1) is 11.3 Å². The number of methoxy groups -OCH3 is 1. The molecule has 40 heavy (non-hydrogen) atoms. The number of likely N-dealkylation sites (N-methyl/N-ethyl adjacent to an activating group) is 1. The Kier molecular flexibility index (Phi) is 7.20. The van der Waals surface area contributed by atoms with E-state index in [0.29, 0.717) is 16.3 Å². The minimum absolute atomic E-state index is 0.0526. The summed E-state index contributed by atoms with van der Waals surface area (Å²) in [4.78, 5) is 35.8. The van der Waals surface area contributed by atoms with Gasteiger partial charge in [0.25, 0.3) is 15.9 Å². The number of amides is 2. The lowest BCUT2D eigenvalue weighted by molar-refractivity contribution is -0.138. The standard InChI is InChI=1S/C27H29ClN4O6S2/c1-15-25(39-16(2)29-15)40(36,37)32-21-11-10-17(28)12-20(21)27(26(32)35,19-8-6-7-9-23(19)38-5)31-14-18(33)13-22(31)24(34)30(3)4/h6-12,18,22,33H,13-14H2,1-5H3/t18-,22+,27?/m1/s1. The predicted molar refractivity (Wildman–Crippen MR) is 151 cm³/mol. The van der Waals surface area contributed by atoms with Gasteiger partial charge in [0.15, 0.2) is 9.75 Å². The molecule has 2 aromatic carbocycles. The number of carbonyl (C=O) groups is 2. The summed E-state index contributed by atoms with van der Waals surface area (Å²) < 4.78 is 35.0. The van der Waals surface area contributed by atoms with Gasteiger partial charge in [-0.05, 0) is 44.5 Å². The van der Waals surface area contributed by atoms with Crippen LogP contribution in [0.2, 0.25) is 5.02 Å². The van der Waals surface area contributed by atoms with E-state index >= 15 is 4.79 Å². The molecule has 1 aromatic heterocycles. The second-order valence-corrected chi connectivity index (χ2v) is 13.7. The fourth-order valence-electron chi connectivity index (χ4n) is 5.77. The number of para-hydroxylation sites is 1. The van der Waals surface area contributed by atoms with E-state index in [1.54, 1.807) is 63.2 Å². The average molecular weight is 605 g/mol. The Morgan fingerprint density at radius 3 is 2.52 bits per heavy atom. The van der Waals surface area contributed by atoms with E-state index in [-0.39, 0.29) is 45.0 Å². The third-order valence-electron chi connectivity index (χ3n) is 7.33. The molecular weight excluding hydrogens is 576 g/mol. The third-order valence-corrected chi connectivity index (χ3v) is 10.9. The maximum atomic E-state index is 15.0. The number of aliphatic hydroxyl groups is 1. The summed E-state index contributed by atoms with van der Waals surface area (Å²) in [6.07, 6.45) is -0.898. The number of rotatable bonds is 6. The lowest BCUT2D eigenvalue weighted by Gasteiger charge is -2.42. The van der Waals surface area contributed by atoms with Crippen LogP contribution in [0, 0.1) is 13.8 Å². The zero-order valence-electron chi connectivity index (χ0n) is 22.6. The number of aliphatic hydroxyl groups excluding tert-OH is 1. The van der Waals surface area contributed by atoms with Crippen molar-refractivity contribution in [2.45, 2.75) is 42.2 Å². The smallest absolute Gasteiger partial charge is 0.282 e. The molecule has 13 heteroatoms. The number of benzene rings is 2. The molecule has 0 bridgehead atoms. The van der Waals surface area contributed by atoms with Crippen molar-refractivity contribution in [1.29, 1.82) is 0 Å². The monoisotopic (exact) mass is 604 g/mol. The van der Waals surface area contributed by atoms with Gasteiger partial charge in [0.05, 0.1) is 35.6 Å². The number of aromatic nitrogens is 1. The fourth-order valence-corrected chi connectivity index (χ4v) is 8.95. The van der Waals surface area contributed by atoms with E-state index in [9.17, 15) is 18.3 Å². The number of thiazole rings is 1. The second-order valence-electron chi connectivity index (χ2n) is 10.0. The van der Waals surface area contributed by atoms with Gasteiger partial charge in [-0.2, -0.15) is 12.7 Å². The van der Waals surface area contributed by atoms with Crippen molar-refractivity contribution < 1.29 is 27.9 Å². The molecule has 3 heterocycles. The van der Waals surface area contributed by atoms with E-state index in [4.69, 9.17) is 16.3 Å². The Bertz CT molecular complexity index is 1620. The molecule has 2 aliphatic rings. The molecule has 1 saturated heterocycles. The number of likely N-dealkylation sites (tertiary alicyclic amines) is 1. The fraction of sp³-hybridized carbons (Fsp3) is 0.370. The van der Waals surface area contributed by atoms with Gasteiger partial charge >= 0.3 is 0 Å². The zero-order chi connectivity index (χ0) is 29.1. The number of aryl methyl sites for hydroxylation is 2. The van der Waals surface area contributed by atoms with E-state index in [2.05, 4.69) is 4.98 Å². The zero-order valence-corrected chi connectivity index (χ0v) is 25.0. The van der Waals surface area contributed by atoms with Crippen molar-refractivity contribution in [3.63, 3.8) is 0 Å². The summed E-state index contributed by atoms with van der Waals surface area (Å²) in [5.41, 5.74) is -0.906. The normalized spacial score (nSPS) is 23.0. The van der Waals surface area contributed by atoms with Crippen LogP contribution in [0.4, 0.5) is 5.69 Å². The van der Waals surface area contributed by atoms with Crippen molar-refractivity contribution in [3.8, 4) is 5.75 Å². The number of hydrogen-bond donors (Lipinski definition) is 1. The summed E-state index contributed by atoms with van der Waals surface area (Å²) >= 11 is 7.47. The van der Waals surface area contributed by atoms with Crippen molar-refractivity contribution >= 4 is 50.5 Å². The number of halogens is 1. The van der Waals surface area contributed by atoms with E-state index < -0.39 is 33.6 Å². The number of ether oxygens (including phenoxy) is 1. The summed E-state index contributed by atoms with van der Waals surface area (Å²) in [5.74, 6) is -0.855. The van der Waals surface area contributed by atoms with Crippen LogP contribution < -0.4 is 9.04 Å². The van der Waals surface area contributed by atoms with E-state index in [0.717, 1.165) is 15.6 Å². The summed E-state index contributed by atoms with van der Waals surface area (Å²) in [7, 11) is 0.183. The number of hydrogen-bond acceptors (Lipinski definition) is 9.